The summed E-state index contributed by atoms with van der Waals surface area (Å²) in [7, 11) is 0. The molecule has 0 unspecified atom stereocenters. The first-order chi connectivity index (χ1) is 24.9. The molecule has 4 nitrogen and oxygen atoms in total. The largest absolute Gasteiger partial charge is 0.418 e. The quantitative estimate of drug-likeness (QED) is 0.162. The maximum Gasteiger partial charge on any atom is 0.418 e. The Hall–Kier alpha value is -6.16. The normalized spacial score (nSPS) is 11.8. The standard InChI is InChI=1S/C42H28F6N4/c1-25-11-3-4-13-27(25)29-23-32(36-17-7-19-37(51-36)39-26(2)12-9-21-49-39)30(28-14-5-6-15-33(28)41(43,44)45)24-31(29)35-18-8-20-38(52-35)40-34(42(46,47)48)16-10-22-50-40/h3-24H,1-2H3. The second kappa shape index (κ2) is 13.5. The second-order valence-electron chi connectivity index (χ2n) is 12.2. The van der Waals surface area contributed by atoms with Gasteiger partial charge in [0.2, 0.25) is 0 Å². The highest BCUT2D eigenvalue weighted by molar-refractivity contribution is 5.95. The number of hydrogen-bond acceptors (Lipinski definition) is 4. The summed E-state index contributed by atoms with van der Waals surface area (Å²) in [6.07, 6.45) is -6.49. The zero-order valence-electron chi connectivity index (χ0n) is 27.8. The summed E-state index contributed by atoms with van der Waals surface area (Å²) in [6.45, 7) is 3.80. The third-order valence-corrected chi connectivity index (χ3v) is 8.77. The van der Waals surface area contributed by atoms with Gasteiger partial charge < -0.3 is 0 Å². The van der Waals surface area contributed by atoms with Gasteiger partial charge in [-0.3, -0.25) is 9.97 Å². The van der Waals surface area contributed by atoms with Crippen LogP contribution in [-0.2, 0) is 12.4 Å². The van der Waals surface area contributed by atoms with Crippen molar-refractivity contribution in [2.75, 3.05) is 0 Å². The minimum Gasteiger partial charge on any atom is -0.254 e. The van der Waals surface area contributed by atoms with E-state index in [-0.39, 0.29) is 28.2 Å². The number of aromatic nitrogens is 4. The first kappa shape index (κ1) is 34.3. The molecule has 0 saturated heterocycles. The third kappa shape index (κ3) is 6.67. The van der Waals surface area contributed by atoms with Gasteiger partial charge in [-0.05, 0) is 108 Å². The molecular formula is C42H28F6N4. The van der Waals surface area contributed by atoms with Crippen LogP contribution in [0.1, 0.15) is 22.3 Å². The molecule has 7 aromatic rings. The Balaban J connectivity index is 1.56. The molecule has 0 aliphatic carbocycles. The Bertz CT molecular complexity index is 2430. The van der Waals surface area contributed by atoms with Gasteiger partial charge in [-0.1, -0.05) is 60.7 Å². The monoisotopic (exact) mass is 702 g/mol. The Labute approximate surface area is 295 Å². The second-order valence-corrected chi connectivity index (χ2v) is 12.2. The van der Waals surface area contributed by atoms with E-state index >= 15 is 0 Å². The van der Waals surface area contributed by atoms with Gasteiger partial charge in [0.1, 0.15) is 5.69 Å². The van der Waals surface area contributed by atoms with Crippen LogP contribution in [0.25, 0.3) is 67.5 Å². The minimum absolute atomic E-state index is 0.0393. The summed E-state index contributed by atoms with van der Waals surface area (Å²) in [5.74, 6) is 0. The molecular weight excluding hydrogens is 674 g/mol. The van der Waals surface area contributed by atoms with E-state index in [9.17, 15) is 26.3 Å². The molecule has 10 heteroatoms. The van der Waals surface area contributed by atoms with E-state index in [1.807, 2.05) is 50.2 Å². The average molecular weight is 703 g/mol. The number of nitrogens with zero attached hydrogens (tertiary/aromatic N) is 4. The Morgan fingerprint density at radius 1 is 0.385 bits per heavy atom. The molecule has 4 heterocycles. The zero-order chi connectivity index (χ0) is 36.6. The van der Waals surface area contributed by atoms with Gasteiger partial charge in [-0.15, -0.1) is 0 Å². The SMILES string of the molecule is Cc1ccccc1-c1cc(-c2cccc(-c3ncccc3C)n2)c(-c2ccccc2C(F)(F)F)cc1-c1cccc(-c2ncccc2C(F)(F)F)n1. The van der Waals surface area contributed by atoms with Gasteiger partial charge in [-0.2, -0.15) is 26.3 Å². The highest BCUT2D eigenvalue weighted by Gasteiger charge is 2.36. The first-order valence-corrected chi connectivity index (χ1v) is 16.2. The molecule has 52 heavy (non-hydrogen) atoms. The first-order valence-electron chi connectivity index (χ1n) is 16.2. The molecule has 3 aromatic carbocycles. The maximum absolute atomic E-state index is 14.7. The smallest absolute Gasteiger partial charge is 0.254 e. The van der Waals surface area contributed by atoms with Crippen LogP contribution in [0.3, 0.4) is 0 Å². The van der Waals surface area contributed by atoms with Crippen molar-refractivity contribution in [2.24, 2.45) is 0 Å². The lowest BCUT2D eigenvalue weighted by Gasteiger charge is -2.21. The Kier molecular flexibility index (Phi) is 8.92. The summed E-state index contributed by atoms with van der Waals surface area (Å²) in [6, 6.07) is 31.9. The zero-order valence-corrected chi connectivity index (χ0v) is 27.8. The van der Waals surface area contributed by atoms with Gasteiger partial charge in [0.25, 0.3) is 0 Å². The van der Waals surface area contributed by atoms with Crippen molar-refractivity contribution in [3.05, 3.63) is 156 Å². The van der Waals surface area contributed by atoms with Crippen LogP contribution >= 0.6 is 0 Å². The summed E-state index contributed by atoms with van der Waals surface area (Å²) in [4.78, 5) is 18.1. The fourth-order valence-corrected chi connectivity index (χ4v) is 6.33. The van der Waals surface area contributed by atoms with Crippen LogP contribution in [0.5, 0.6) is 0 Å². The van der Waals surface area contributed by atoms with Crippen LogP contribution in [0, 0.1) is 13.8 Å². The van der Waals surface area contributed by atoms with E-state index in [0.29, 0.717) is 33.8 Å². The van der Waals surface area contributed by atoms with Gasteiger partial charge in [0.05, 0.1) is 39.6 Å². The minimum atomic E-state index is -4.70. The Morgan fingerprint density at radius 3 is 1.44 bits per heavy atom. The van der Waals surface area contributed by atoms with Crippen LogP contribution in [-0.4, -0.2) is 19.9 Å². The number of hydrogen-bond donors (Lipinski definition) is 0. The van der Waals surface area contributed by atoms with E-state index in [0.717, 1.165) is 28.8 Å². The molecule has 0 amide bonds. The average Bonchev–Trinajstić information content (AvgIpc) is 3.14. The highest BCUT2D eigenvalue weighted by atomic mass is 19.4. The van der Waals surface area contributed by atoms with E-state index in [1.165, 1.54) is 36.5 Å². The molecule has 7 rings (SSSR count). The van der Waals surface area contributed by atoms with Crippen molar-refractivity contribution < 1.29 is 26.3 Å². The molecule has 0 saturated carbocycles. The van der Waals surface area contributed by atoms with E-state index < -0.39 is 23.5 Å². The molecule has 0 N–H and O–H groups in total. The molecule has 0 aliphatic rings. The van der Waals surface area contributed by atoms with Gasteiger partial charge in [-0.25, -0.2) is 9.97 Å². The summed E-state index contributed by atoms with van der Waals surface area (Å²) in [5.41, 5.74) is 3.65. The van der Waals surface area contributed by atoms with E-state index in [4.69, 9.17) is 4.98 Å². The number of rotatable bonds is 6. The fraction of sp³-hybridized carbons (Fsp3) is 0.0952. The van der Waals surface area contributed by atoms with E-state index in [2.05, 4.69) is 15.0 Å². The van der Waals surface area contributed by atoms with E-state index in [1.54, 1.807) is 48.7 Å². The van der Waals surface area contributed by atoms with Crippen molar-refractivity contribution in [3.63, 3.8) is 0 Å². The van der Waals surface area contributed by atoms with Gasteiger partial charge >= 0.3 is 12.4 Å². The number of benzene rings is 3. The molecule has 0 radical (unpaired) electrons. The number of aryl methyl sites for hydroxylation is 2. The maximum atomic E-state index is 14.7. The van der Waals surface area contributed by atoms with Crippen LogP contribution in [0.15, 0.2) is 134 Å². The summed E-state index contributed by atoms with van der Waals surface area (Å²) >= 11 is 0. The third-order valence-electron chi connectivity index (χ3n) is 8.77. The van der Waals surface area contributed by atoms with Crippen molar-refractivity contribution in [3.8, 4) is 67.5 Å². The number of alkyl halides is 6. The predicted octanol–water partition coefficient (Wildman–Crippen LogP) is 11.9. The van der Waals surface area contributed by atoms with Crippen molar-refractivity contribution >= 4 is 0 Å². The topological polar surface area (TPSA) is 51.6 Å². The molecule has 0 spiro atoms. The fourth-order valence-electron chi connectivity index (χ4n) is 6.33. The Morgan fingerprint density at radius 2 is 0.846 bits per heavy atom. The van der Waals surface area contributed by atoms with Crippen LogP contribution in [0.2, 0.25) is 0 Å². The number of pyridine rings is 4. The number of halogens is 6. The van der Waals surface area contributed by atoms with Crippen LogP contribution < -0.4 is 0 Å². The summed E-state index contributed by atoms with van der Waals surface area (Å²) < 4.78 is 86.1. The van der Waals surface area contributed by atoms with Crippen molar-refractivity contribution in [2.45, 2.75) is 26.2 Å². The molecule has 0 fully saturated rings. The lowest BCUT2D eigenvalue weighted by molar-refractivity contribution is -0.138. The predicted molar refractivity (Wildman–Crippen MR) is 190 cm³/mol. The van der Waals surface area contributed by atoms with Crippen molar-refractivity contribution in [1.82, 2.24) is 19.9 Å². The summed E-state index contributed by atoms with van der Waals surface area (Å²) in [5, 5.41) is 0. The molecule has 258 valence electrons. The molecule has 0 aliphatic heterocycles. The molecule has 0 bridgehead atoms. The lowest BCUT2D eigenvalue weighted by Crippen LogP contribution is -2.09. The molecule has 0 atom stereocenters. The van der Waals surface area contributed by atoms with Crippen molar-refractivity contribution in [1.29, 1.82) is 0 Å². The highest BCUT2D eigenvalue weighted by Crippen LogP contribution is 2.46. The van der Waals surface area contributed by atoms with Gasteiger partial charge in [0, 0.05) is 23.5 Å². The molecule has 4 aromatic heterocycles. The van der Waals surface area contributed by atoms with Gasteiger partial charge in [0.15, 0.2) is 0 Å². The van der Waals surface area contributed by atoms with Crippen LogP contribution in [0.4, 0.5) is 26.3 Å². The lowest BCUT2D eigenvalue weighted by atomic mass is 9.85.